The lowest BCUT2D eigenvalue weighted by Crippen LogP contribution is -2.06. The van der Waals surface area contributed by atoms with Gasteiger partial charge in [0, 0.05) is 18.7 Å². The fraction of sp³-hybridized carbons (Fsp3) is 0.667. The van der Waals surface area contributed by atoms with E-state index in [1.165, 1.54) is 0 Å². The molecule has 4 nitrogen and oxygen atoms in total. The van der Waals surface area contributed by atoms with Crippen LogP contribution >= 0.6 is 0 Å². The molecule has 0 fully saturated rings. The molecule has 92 valence electrons. The minimum atomic E-state index is 0.469. The van der Waals surface area contributed by atoms with Gasteiger partial charge in [-0.05, 0) is 12.5 Å². The quantitative estimate of drug-likeness (QED) is 0.656. The molecule has 0 radical (unpaired) electrons. The maximum absolute atomic E-state index is 5.54. The van der Waals surface area contributed by atoms with Gasteiger partial charge in [0.1, 0.15) is 12.4 Å². The largest absolute Gasteiger partial charge is 0.467 e. The SMILES string of the molecule is CCCCOCCOCc1occc1CN. The van der Waals surface area contributed by atoms with Crippen LogP contribution in [0.25, 0.3) is 0 Å². The highest BCUT2D eigenvalue weighted by Crippen LogP contribution is 2.10. The zero-order valence-corrected chi connectivity index (χ0v) is 9.91. The third-order valence-electron chi connectivity index (χ3n) is 2.30. The number of nitrogens with two attached hydrogens (primary N) is 1. The summed E-state index contributed by atoms with van der Waals surface area (Å²) in [6, 6.07) is 1.87. The van der Waals surface area contributed by atoms with Crippen LogP contribution in [0.3, 0.4) is 0 Å². The van der Waals surface area contributed by atoms with Crippen LogP contribution < -0.4 is 5.73 Å². The predicted molar refractivity (Wildman–Crippen MR) is 62.0 cm³/mol. The number of hydrogen-bond acceptors (Lipinski definition) is 4. The van der Waals surface area contributed by atoms with E-state index in [0.717, 1.165) is 30.8 Å². The number of furan rings is 1. The third kappa shape index (κ3) is 4.79. The van der Waals surface area contributed by atoms with Gasteiger partial charge in [0.25, 0.3) is 0 Å². The lowest BCUT2D eigenvalue weighted by Gasteiger charge is -2.04. The number of rotatable bonds is 9. The second-order valence-corrected chi connectivity index (χ2v) is 3.59. The molecule has 0 spiro atoms. The van der Waals surface area contributed by atoms with Gasteiger partial charge in [-0.15, -0.1) is 0 Å². The van der Waals surface area contributed by atoms with E-state index in [1.807, 2.05) is 6.07 Å². The Labute approximate surface area is 96.7 Å². The van der Waals surface area contributed by atoms with Gasteiger partial charge in [0.2, 0.25) is 0 Å². The summed E-state index contributed by atoms with van der Waals surface area (Å²) in [5.41, 5.74) is 6.55. The minimum Gasteiger partial charge on any atom is -0.467 e. The summed E-state index contributed by atoms with van der Waals surface area (Å²) in [5, 5.41) is 0. The molecule has 1 rings (SSSR count). The van der Waals surface area contributed by atoms with Crippen molar-refractivity contribution >= 4 is 0 Å². The molecule has 2 N–H and O–H groups in total. The molecule has 1 heterocycles. The Bertz CT molecular complexity index is 273. The summed E-state index contributed by atoms with van der Waals surface area (Å²) in [5.74, 6) is 0.816. The molecule has 0 unspecified atom stereocenters. The highest BCUT2D eigenvalue weighted by Gasteiger charge is 2.03. The van der Waals surface area contributed by atoms with Crippen LogP contribution in [0.15, 0.2) is 16.7 Å². The molecule has 0 aromatic carbocycles. The van der Waals surface area contributed by atoms with Crippen molar-refractivity contribution in [3.63, 3.8) is 0 Å². The van der Waals surface area contributed by atoms with Crippen molar-refractivity contribution < 1.29 is 13.9 Å². The van der Waals surface area contributed by atoms with Gasteiger partial charge in [0.05, 0.1) is 19.5 Å². The van der Waals surface area contributed by atoms with Crippen molar-refractivity contribution in [1.29, 1.82) is 0 Å². The second kappa shape index (κ2) is 8.33. The highest BCUT2D eigenvalue weighted by atomic mass is 16.5. The smallest absolute Gasteiger partial charge is 0.133 e. The van der Waals surface area contributed by atoms with Crippen molar-refractivity contribution in [2.75, 3.05) is 19.8 Å². The van der Waals surface area contributed by atoms with E-state index in [1.54, 1.807) is 6.26 Å². The van der Waals surface area contributed by atoms with E-state index < -0.39 is 0 Å². The molecular formula is C12H21NO3. The van der Waals surface area contributed by atoms with Gasteiger partial charge >= 0.3 is 0 Å². The Balaban J connectivity index is 2.03. The Hall–Kier alpha value is -0.840. The lowest BCUT2D eigenvalue weighted by atomic mass is 10.2. The van der Waals surface area contributed by atoms with Gasteiger partial charge < -0.3 is 19.6 Å². The van der Waals surface area contributed by atoms with E-state index in [0.29, 0.717) is 26.4 Å². The van der Waals surface area contributed by atoms with Crippen LogP contribution in [0, 0.1) is 0 Å². The Morgan fingerprint density at radius 2 is 2.06 bits per heavy atom. The van der Waals surface area contributed by atoms with Crippen LogP contribution in [0.4, 0.5) is 0 Å². The fourth-order valence-corrected chi connectivity index (χ4v) is 1.31. The van der Waals surface area contributed by atoms with E-state index in [-0.39, 0.29) is 0 Å². The Kier molecular flexibility index (Phi) is 6.88. The topological polar surface area (TPSA) is 57.6 Å². The molecule has 0 saturated carbocycles. The number of ether oxygens (including phenoxy) is 2. The summed E-state index contributed by atoms with van der Waals surface area (Å²) >= 11 is 0. The molecule has 1 aromatic rings. The van der Waals surface area contributed by atoms with Gasteiger partial charge in [0.15, 0.2) is 0 Å². The van der Waals surface area contributed by atoms with E-state index in [2.05, 4.69) is 6.92 Å². The van der Waals surface area contributed by atoms with Crippen molar-refractivity contribution in [1.82, 2.24) is 0 Å². The molecule has 16 heavy (non-hydrogen) atoms. The lowest BCUT2D eigenvalue weighted by molar-refractivity contribution is 0.0336. The minimum absolute atomic E-state index is 0.469. The Morgan fingerprint density at radius 1 is 1.25 bits per heavy atom. The first-order valence-corrected chi connectivity index (χ1v) is 5.79. The van der Waals surface area contributed by atoms with Crippen molar-refractivity contribution in [3.05, 3.63) is 23.7 Å². The first-order chi connectivity index (χ1) is 7.88. The average molecular weight is 227 g/mol. The third-order valence-corrected chi connectivity index (χ3v) is 2.30. The molecule has 0 aliphatic rings. The van der Waals surface area contributed by atoms with Gasteiger partial charge in [-0.1, -0.05) is 13.3 Å². The zero-order valence-electron chi connectivity index (χ0n) is 9.91. The average Bonchev–Trinajstić information content (AvgIpc) is 2.75. The van der Waals surface area contributed by atoms with E-state index >= 15 is 0 Å². The summed E-state index contributed by atoms with van der Waals surface area (Å²) < 4.78 is 16.1. The summed E-state index contributed by atoms with van der Waals surface area (Å²) in [7, 11) is 0. The van der Waals surface area contributed by atoms with Crippen LogP contribution in [-0.4, -0.2) is 19.8 Å². The summed E-state index contributed by atoms with van der Waals surface area (Å²) in [6.45, 7) is 5.14. The van der Waals surface area contributed by atoms with Gasteiger partial charge in [-0.25, -0.2) is 0 Å². The second-order valence-electron chi connectivity index (χ2n) is 3.59. The first-order valence-electron chi connectivity index (χ1n) is 5.79. The molecule has 0 bridgehead atoms. The van der Waals surface area contributed by atoms with E-state index in [4.69, 9.17) is 19.6 Å². The van der Waals surface area contributed by atoms with Gasteiger partial charge in [-0.3, -0.25) is 0 Å². The molecule has 4 heteroatoms. The normalized spacial score (nSPS) is 10.9. The maximum atomic E-state index is 5.54. The summed E-state index contributed by atoms with van der Waals surface area (Å²) in [6.07, 6.45) is 3.90. The molecule has 0 aliphatic carbocycles. The predicted octanol–water partition coefficient (Wildman–Crippen LogP) is 2.07. The highest BCUT2D eigenvalue weighted by molar-refractivity contribution is 5.15. The Morgan fingerprint density at radius 3 is 2.81 bits per heavy atom. The standard InChI is InChI=1S/C12H21NO3/c1-2-3-5-14-7-8-15-10-12-11(9-13)4-6-16-12/h4,6H,2-3,5,7-10,13H2,1H3. The van der Waals surface area contributed by atoms with Crippen LogP contribution in [0.1, 0.15) is 31.1 Å². The molecule has 0 aliphatic heterocycles. The van der Waals surface area contributed by atoms with Gasteiger partial charge in [-0.2, -0.15) is 0 Å². The van der Waals surface area contributed by atoms with Crippen molar-refractivity contribution in [2.24, 2.45) is 5.73 Å². The van der Waals surface area contributed by atoms with Crippen molar-refractivity contribution in [3.8, 4) is 0 Å². The summed E-state index contributed by atoms with van der Waals surface area (Å²) in [4.78, 5) is 0. The molecule has 0 amide bonds. The van der Waals surface area contributed by atoms with E-state index in [9.17, 15) is 0 Å². The van der Waals surface area contributed by atoms with Crippen LogP contribution in [0.2, 0.25) is 0 Å². The van der Waals surface area contributed by atoms with Crippen LogP contribution in [-0.2, 0) is 22.6 Å². The number of unbranched alkanes of at least 4 members (excludes halogenated alkanes) is 1. The first kappa shape index (κ1) is 13.2. The fourth-order valence-electron chi connectivity index (χ4n) is 1.31. The van der Waals surface area contributed by atoms with Crippen molar-refractivity contribution in [2.45, 2.75) is 32.9 Å². The molecule has 0 saturated heterocycles. The zero-order chi connectivity index (χ0) is 11.6. The molecule has 1 aromatic heterocycles. The maximum Gasteiger partial charge on any atom is 0.133 e. The monoisotopic (exact) mass is 227 g/mol. The molecule has 0 atom stereocenters. The number of hydrogen-bond donors (Lipinski definition) is 1. The van der Waals surface area contributed by atoms with Crippen LogP contribution in [0.5, 0.6) is 0 Å². The molecular weight excluding hydrogens is 206 g/mol.